The number of nitrogens with zero attached hydrogens (tertiary/aromatic N) is 2. The number of hydrogen-bond donors (Lipinski definition) is 2. The van der Waals surface area contributed by atoms with Gasteiger partial charge in [-0.25, -0.2) is 4.98 Å². The van der Waals surface area contributed by atoms with Gasteiger partial charge in [-0.1, -0.05) is 0 Å². The SMILES string of the molecule is C[C@H]1[C@H](NC(=O)c2cc3c(NC4CC4)csc3cn2)C2CCN1CC2. The zero-order chi connectivity index (χ0) is 17.0. The number of thiophene rings is 1. The lowest BCUT2D eigenvalue weighted by Gasteiger charge is -2.49. The molecule has 0 spiro atoms. The highest BCUT2D eigenvalue weighted by Gasteiger charge is 2.40. The van der Waals surface area contributed by atoms with Crippen LogP contribution in [0.15, 0.2) is 17.6 Å². The van der Waals surface area contributed by atoms with Crippen LogP contribution in [0.4, 0.5) is 5.69 Å². The van der Waals surface area contributed by atoms with E-state index in [1.807, 2.05) is 12.3 Å². The predicted octanol–water partition coefficient (Wildman–Crippen LogP) is 3.08. The molecule has 25 heavy (non-hydrogen) atoms. The molecule has 132 valence electrons. The van der Waals surface area contributed by atoms with E-state index in [9.17, 15) is 4.79 Å². The molecule has 0 aromatic carbocycles. The van der Waals surface area contributed by atoms with Crippen molar-refractivity contribution in [3.05, 3.63) is 23.3 Å². The fourth-order valence-corrected chi connectivity index (χ4v) is 5.24. The maximum atomic E-state index is 12.8. The number of hydrogen-bond acceptors (Lipinski definition) is 5. The molecule has 2 aromatic rings. The third-order valence-electron chi connectivity index (χ3n) is 6.11. The molecule has 4 fully saturated rings. The Bertz CT molecular complexity index is 805. The van der Waals surface area contributed by atoms with Gasteiger partial charge in [0.05, 0.1) is 10.4 Å². The number of carbonyl (C=O) groups excluding carboxylic acids is 1. The van der Waals surface area contributed by atoms with Crippen LogP contribution in [0, 0.1) is 5.92 Å². The summed E-state index contributed by atoms with van der Waals surface area (Å²) in [5, 5.41) is 10.1. The van der Waals surface area contributed by atoms with Gasteiger partial charge in [-0.15, -0.1) is 11.3 Å². The van der Waals surface area contributed by atoms with Crippen LogP contribution in [0.5, 0.6) is 0 Å². The topological polar surface area (TPSA) is 57.3 Å². The van der Waals surface area contributed by atoms with Crippen LogP contribution in [0.3, 0.4) is 0 Å². The van der Waals surface area contributed by atoms with E-state index in [0.717, 1.165) is 15.8 Å². The van der Waals surface area contributed by atoms with Crippen LogP contribution in [0.25, 0.3) is 10.1 Å². The Balaban J connectivity index is 1.37. The van der Waals surface area contributed by atoms with Crippen molar-refractivity contribution in [1.82, 2.24) is 15.2 Å². The highest BCUT2D eigenvalue weighted by molar-refractivity contribution is 7.17. The molecular formula is C19H24N4OS. The zero-order valence-corrected chi connectivity index (χ0v) is 15.3. The number of rotatable bonds is 4. The Kier molecular flexibility index (Phi) is 3.71. The van der Waals surface area contributed by atoms with Crippen molar-refractivity contribution in [1.29, 1.82) is 0 Å². The standard InChI is InChI=1S/C19H24N4OS/c1-11-18(12-4-6-23(11)7-5-12)22-19(24)15-8-14-16(21-13-2-3-13)10-25-17(14)9-20-15/h8-13,18,21H,2-7H2,1H3,(H,22,24)/t11-,18-/m0/s1. The summed E-state index contributed by atoms with van der Waals surface area (Å²) in [6.07, 6.45) is 6.72. The lowest BCUT2D eigenvalue weighted by Crippen LogP contribution is -2.62. The van der Waals surface area contributed by atoms with E-state index in [1.165, 1.54) is 38.8 Å². The monoisotopic (exact) mass is 356 g/mol. The number of piperidine rings is 3. The summed E-state index contributed by atoms with van der Waals surface area (Å²) >= 11 is 1.69. The molecule has 2 aromatic heterocycles. The molecule has 4 aliphatic rings. The first-order chi connectivity index (χ1) is 12.2. The van der Waals surface area contributed by atoms with Crippen LogP contribution in [-0.4, -0.2) is 47.0 Å². The van der Waals surface area contributed by atoms with Crippen molar-refractivity contribution in [3.8, 4) is 0 Å². The molecule has 6 heteroatoms. The van der Waals surface area contributed by atoms with Crippen LogP contribution in [0.2, 0.25) is 0 Å². The van der Waals surface area contributed by atoms with Crippen molar-refractivity contribution in [2.24, 2.45) is 5.92 Å². The molecule has 0 radical (unpaired) electrons. The van der Waals surface area contributed by atoms with E-state index >= 15 is 0 Å². The van der Waals surface area contributed by atoms with Gasteiger partial charge in [0.15, 0.2) is 0 Å². The zero-order valence-electron chi connectivity index (χ0n) is 14.5. The summed E-state index contributed by atoms with van der Waals surface area (Å²) in [4.78, 5) is 19.8. The summed E-state index contributed by atoms with van der Waals surface area (Å²) < 4.78 is 1.14. The molecule has 5 heterocycles. The minimum atomic E-state index is -0.0314. The van der Waals surface area contributed by atoms with Crippen LogP contribution in [-0.2, 0) is 0 Å². The number of carbonyl (C=O) groups is 1. The Labute approximate surface area is 151 Å². The highest BCUT2D eigenvalue weighted by Crippen LogP contribution is 2.35. The molecule has 5 nitrogen and oxygen atoms in total. The average Bonchev–Trinajstić information content (AvgIpc) is 3.37. The second-order valence-electron chi connectivity index (χ2n) is 7.75. The minimum absolute atomic E-state index is 0.0314. The first kappa shape index (κ1) is 15.6. The van der Waals surface area contributed by atoms with E-state index < -0.39 is 0 Å². The molecule has 1 amide bonds. The third kappa shape index (κ3) is 2.81. The molecule has 1 saturated carbocycles. The van der Waals surface area contributed by atoms with Gasteiger partial charge in [0, 0.05) is 35.1 Å². The van der Waals surface area contributed by atoms with Gasteiger partial charge < -0.3 is 10.6 Å². The Hall–Kier alpha value is -1.66. The van der Waals surface area contributed by atoms with Gasteiger partial charge in [0.1, 0.15) is 5.69 Å². The summed E-state index contributed by atoms with van der Waals surface area (Å²) in [6.45, 7) is 4.59. The minimum Gasteiger partial charge on any atom is -0.381 e. The molecule has 2 bridgehead atoms. The summed E-state index contributed by atoms with van der Waals surface area (Å²) in [6, 6.07) is 3.24. The Morgan fingerprint density at radius 3 is 2.80 bits per heavy atom. The van der Waals surface area contributed by atoms with E-state index in [4.69, 9.17) is 0 Å². The molecular weight excluding hydrogens is 332 g/mol. The molecule has 1 aliphatic carbocycles. The molecule has 2 N–H and O–H groups in total. The second kappa shape index (κ2) is 5.95. The number of nitrogens with one attached hydrogen (secondary N) is 2. The summed E-state index contributed by atoms with van der Waals surface area (Å²) in [7, 11) is 0. The van der Waals surface area contributed by atoms with Crippen molar-refractivity contribution in [2.75, 3.05) is 18.4 Å². The number of amides is 1. The van der Waals surface area contributed by atoms with Crippen molar-refractivity contribution in [3.63, 3.8) is 0 Å². The van der Waals surface area contributed by atoms with Crippen molar-refractivity contribution < 1.29 is 4.79 Å². The van der Waals surface area contributed by atoms with Gasteiger partial charge in [-0.3, -0.25) is 9.69 Å². The number of aromatic nitrogens is 1. The van der Waals surface area contributed by atoms with Crippen LogP contribution in [0.1, 0.15) is 43.1 Å². The Morgan fingerprint density at radius 2 is 2.08 bits per heavy atom. The van der Waals surface area contributed by atoms with E-state index in [2.05, 4.69) is 32.8 Å². The third-order valence-corrected chi connectivity index (χ3v) is 7.04. The normalized spacial score (nSPS) is 31.2. The number of pyridine rings is 1. The predicted molar refractivity (Wildman–Crippen MR) is 101 cm³/mol. The van der Waals surface area contributed by atoms with Gasteiger partial charge in [0.25, 0.3) is 5.91 Å². The van der Waals surface area contributed by atoms with E-state index in [-0.39, 0.29) is 11.9 Å². The van der Waals surface area contributed by atoms with Crippen LogP contribution < -0.4 is 10.6 Å². The van der Waals surface area contributed by atoms with E-state index in [1.54, 1.807) is 11.3 Å². The smallest absolute Gasteiger partial charge is 0.270 e. The van der Waals surface area contributed by atoms with Gasteiger partial charge in [0.2, 0.25) is 0 Å². The molecule has 3 aliphatic heterocycles. The summed E-state index contributed by atoms with van der Waals surface area (Å²) in [5.41, 5.74) is 1.68. The first-order valence-electron chi connectivity index (χ1n) is 9.38. The molecule has 6 rings (SSSR count). The van der Waals surface area contributed by atoms with Gasteiger partial charge in [-0.2, -0.15) is 0 Å². The molecule has 3 saturated heterocycles. The van der Waals surface area contributed by atoms with Crippen molar-refractivity contribution >= 4 is 33.0 Å². The van der Waals surface area contributed by atoms with Crippen LogP contribution >= 0.6 is 11.3 Å². The quantitative estimate of drug-likeness (QED) is 0.884. The second-order valence-corrected chi connectivity index (χ2v) is 8.66. The fraction of sp³-hybridized carbons (Fsp3) is 0.579. The fourth-order valence-electron chi connectivity index (χ4n) is 4.39. The molecule has 0 unspecified atom stereocenters. The largest absolute Gasteiger partial charge is 0.381 e. The Morgan fingerprint density at radius 1 is 1.28 bits per heavy atom. The molecule has 2 atom stereocenters. The van der Waals surface area contributed by atoms with Gasteiger partial charge >= 0.3 is 0 Å². The lowest BCUT2D eigenvalue weighted by molar-refractivity contribution is 0.0216. The lowest BCUT2D eigenvalue weighted by atomic mass is 9.79. The first-order valence-corrected chi connectivity index (χ1v) is 10.3. The number of fused-ring (bicyclic) bond motifs is 4. The van der Waals surface area contributed by atoms with Gasteiger partial charge in [-0.05, 0) is 57.7 Å². The van der Waals surface area contributed by atoms with Crippen molar-refractivity contribution in [2.45, 2.75) is 50.7 Å². The maximum Gasteiger partial charge on any atom is 0.270 e. The van der Waals surface area contributed by atoms with E-state index in [0.29, 0.717) is 23.7 Å². The highest BCUT2D eigenvalue weighted by atomic mass is 32.1. The summed E-state index contributed by atoms with van der Waals surface area (Å²) in [5.74, 6) is 0.581. The maximum absolute atomic E-state index is 12.8. The average molecular weight is 356 g/mol. The number of anilines is 1.